The van der Waals surface area contributed by atoms with Crippen LogP contribution in [0.2, 0.25) is 0 Å². The maximum absolute atomic E-state index is 11.3. The van der Waals surface area contributed by atoms with Gasteiger partial charge in [0.2, 0.25) is 0 Å². The lowest BCUT2D eigenvalue weighted by atomic mass is 9.84. The summed E-state index contributed by atoms with van der Waals surface area (Å²) in [6, 6.07) is 0. The maximum Gasteiger partial charge on any atom is 0.337 e. The molecule has 0 aromatic heterocycles. The Labute approximate surface area is 95.2 Å². The summed E-state index contributed by atoms with van der Waals surface area (Å²) in [6.07, 6.45) is 9.06. The van der Waals surface area contributed by atoms with Crippen LogP contribution in [-0.2, 0) is 14.3 Å². The standard InChI is InChI=1S/C13H16O3/c1-16-13(15)10-4-2-9(3-5-10)11-6-7-12(14)8-11/h2,4-5,9,11H,3,6-8H2,1H3/t9?,11-/m0/s1. The molecule has 3 heteroatoms. The van der Waals surface area contributed by atoms with E-state index in [0.29, 0.717) is 29.6 Å². The highest BCUT2D eigenvalue weighted by atomic mass is 16.5. The molecule has 1 saturated carbocycles. The lowest BCUT2D eigenvalue weighted by Crippen LogP contribution is -2.14. The van der Waals surface area contributed by atoms with Crippen molar-refractivity contribution in [2.24, 2.45) is 11.8 Å². The van der Waals surface area contributed by atoms with Crippen molar-refractivity contribution in [2.75, 3.05) is 7.11 Å². The highest BCUT2D eigenvalue weighted by Crippen LogP contribution is 2.34. The molecule has 0 amide bonds. The Morgan fingerprint density at radius 1 is 1.50 bits per heavy atom. The van der Waals surface area contributed by atoms with Crippen LogP contribution in [-0.4, -0.2) is 18.9 Å². The number of allylic oxidation sites excluding steroid dienone is 2. The van der Waals surface area contributed by atoms with Crippen LogP contribution in [0.5, 0.6) is 0 Å². The highest BCUT2D eigenvalue weighted by Gasteiger charge is 2.28. The SMILES string of the molecule is COC(=O)C1=CCC([C@H]2CCC(=O)C2)C=C1. The van der Waals surface area contributed by atoms with E-state index in [1.807, 2.05) is 12.2 Å². The molecule has 3 nitrogen and oxygen atoms in total. The number of methoxy groups -OCH3 is 1. The van der Waals surface area contributed by atoms with Crippen molar-refractivity contribution in [1.29, 1.82) is 0 Å². The van der Waals surface area contributed by atoms with Crippen LogP contribution in [0.15, 0.2) is 23.8 Å². The van der Waals surface area contributed by atoms with Gasteiger partial charge in [-0.3, -0.25) is 4.79 Å². The van der Waals surface area contributed by atoms with E-state index in [2.05, 4.69) is 10.8 Å². The van der Waals surface area contributed by atoms with Gasteiger partial charge in [0, 0.05) is 12.8 Å². The van der Waals surface area contributed by atoms with Crippen molar-refractivity contribution < 1.29 is 14.3 Å². The fourth-order valence-electron chi connectivity index (χ4n) is 2.46. The van der Waals surface area contributed by atoms with E-state index in [0.717, 1.165) is 19.3 Å². The Bertz CT molecular complexity index is 365. The van der Waals surface area contributed by atoms with E-state index < -0.39 is 0 Å². The van der Waals surface area contributed by atoms with Crippen LogP contribution in [0, 0.1) is 11.8 Å². The first-order chi connectivity index (χ1) is 7.70. The average Bonchev–Trinajstić information content (AvgIpc) is 2.75. The first-order valence-electron chi connectivity index (χ1n) is 5.69. The van der Waals surface area contributed by atoms with Crippen molar-refractivity contribution in [3.63, 3.8) is 0 Å². The molecule has 86 valence electrons. The molecule has 2 atom stereocenters. The largest absolute Gasteiger partial charge is 0.465 e. The Morgan fingerprint density at radius 3 is 2.81 bits per heavy atom. The molecule has 0 N–H and O–H groups in total. The number of carbonyl (C=O) groups is 2. The molecule has 2 aliphatic rings. The summed E-state index contributed by atoms with van der Waals surface area (Å²) in [4.78, 5) is 22.5. The second-order valence-corrected chi connectivity index (χ2v) is 4.45. The van der Waals surface area contributed by atoms with E-state index in [-0.39, 0.29) is 5.97 Å². The molecule has 16 heavy (non-hydrogen) atoms. The highest BCUT2D eigenvalue weighted by molar-refractivity contribution is 5.91. The molecule has 0 aliphatic heterocycles. The van der Waals surface area contributed by atoms with Gasteiger partial charge in [0.25, 0.3) is 0 Å². The summed E-state index contributed by atoms with van der Waals surface area (Å²) in [7, 11) is 1.39. The first kappa shape index (κ1) is 11.1. The Balaban J connectivity index is 1.95. The van der Waals surface area contributed by atoms with Gasteiger partial charge in [-0.25, -0.2) is 4.79 Å². The summed E-state index contributed by atoms with van der Waals surface area (Å²) < 4.78 is 4.65. The summed E-state index contributed by atoms with van der Waals surface area (Å²) in [5.41, 5.74) is 0.628. The van der Waals surface area contributed by atoms with Gasteiger partial charge in [-0.15, -0.1) is 0 Å². The predicted molar refractivity (Wildman–Crippen MR) is 59.7 cm³/mol. The number of Topliss-reactive ketones (excluding diaryl/α,β-unsaturated/α-hetero) is 1. The van der Waals surface area contributed by atoms with E-state index >= 15 is 0 Å². The molecule has 2 aliphatic carbocycles. The van der Waals surface area contributed by atoms with Gasteiger partial charge in [-0.1, -0.05) is 18.2 Å². The number of rotatable bonds is 2. The minimum absolute atomic E-state index is 0.280. The van der Waals surface area contributed by atoms with Gasteiger partial charge < -0.3 is 4.74 Å². The van der Waals surface area contributed by atoms with E-state index in [4.69, 9.17) is 0 Å². The van der Waals surface area contributed by atoms with Crippen LogP contribution in [0.25, 0.3) is 0 Å². The third kappa shape index (κ3) is 2.23. The number of hydrogen-bond acceptors (Lipinski definition) is 3. The topological polar surface area (TPSA) is 43.4 Å². The fourth-order valence-corrected chi connectivity index (χ4v) is 2.46. The molecule has 1 fully saturated rings. The van der Waals surface area contributed by atoms with Crippen LogP contribution >= 0.6 is 0 Å². The number of ether oxygens (including phenoxy) is 1. The van der Waals surface area contributed by atoms with E-state index in [1.165, 1.54) is 7.11 Å². The zero-order chi connectivity index (χ0) is 11.5. The summed E-state index contributed by atoms with van der Waals surface area (Å²) in [5, 5.41) is 0. The molecule has 0 saturated heterocycles. The molecule has 0 spiro atoms. The maximum atomic E-state index is 11.3. The molecule has 0 bridgehead atoms. The Morgan fingerprint density at radius 2 is 2.31 bits per heavy atom. The summed E-state index contributed by atoms with van der Waals surface area (Å²) >= 11 is 0. The summed E-state index contributed by atoms with van der Waals surface area (Å²) in [5.74, 6) is 0.984. The monoisotopic (exact) mass is 220 g/mol. The van der Waals surface area contributed by atoms with Crippen molar-refractivity contribution in [1.82, 2.24) is 0 Å². The number of carbonyl (C=O) groups excluding carboxylic acids is 2. The average molecular weight is 220 g/mol. The van der Waals surface area contributed by atoms with Crippen molar-refractivity contribution >= 4 is 11.8 Å². The Kier molecular flexibility index (Phi) is 3.22. The zero-order valence-electron chi connectivity index (χ0n) is 9.44. The molecule has 1 unspecified atom stereocenters. The second kappa shape index (κ2) is 4.64. The third-order valence-electron chi connectivity index (χ3n) is 3.44. The van der Waals surface area contributed by atoms with Gasteiger partial charge in [0.15, 0.2) is 0 Å². The lowest BCUT2D eigenvalue weighted by Gasteiger charge is -2.20. The molecule has 2 rings (SSSR count). The number of esters is 1. The van der Waals surface area contributed by atoms with Gasteiger partial charge in [-0.2, -0.15) is 0 Å². The van der Waals surface area contributed by atoms with Crippen LogP contribution in [0.3, 0.4) is 0 Å². The van der Waals surface area contributed by atoms with Gasteiger partial charge in [0.05, 0.1) is 12.7 Å². The quantitative estimate of drug-likeness (QED) is 0.669. The fraction of sp³-hybridized carbons (Fsp3) is 0.538. The Hall–Kier alpha value is -1.38. The molecule has 0 aromatic rings. The zero-order valence-corrected chi connectivity index (χ0v) is 9.44. The van der Waals surface area contributed by atoms with Crippen molar-refractivity contribution in [2.45, 2.75) is 25.7 Å². The lowest BCUT2D eigenvalue weighted by molar-refractivity contribution is -0.135. The van der Waals surface area contributed by atoms with Crippen LogP contribution in [0.4, 0.5) is 0 Å². The molecule has 0 aromatic carbocycles. The van der Waals surface area contributed by atoms with Gasteiger partial charge in [0.1, 0.15) is 5.78 Å². The van der Waals surface area contributed by atoms with E-state index in [1.54, 1.807) is 0 Å². The predicted octanol–water partition coefficient (Wildman–Crippen LogP) is 2.03. The molecule has 0 radical (unpaired) electrons. The van der Waals surface area contributed by atoms with Crippen molar-refractivity contribution in [3.8, 4) is 0 Å². The molecular weight excluding hydrogens is 204 g/mol. The van der Waals surface area contributed by atoms with E-state index in [9.17, 15) is 9.59 Å². The normalized spacial score (nSPS) is 29.1. The summed E-state index contributed by atoms with van der Waals surface area (Å²) in [6.45, 7) is 0. The smallest absolute Gasteiger partial charge is 0.337 e. The molecule has 0 heterocycles. The van der Waals surface area contributed by atoms with Crippen LogP contribution < -0.4 is 0 Å². The van der Waals surface area contributed by atoms with Gasteiger partial charge >= 0.3 is 5.97 Å². The van der Waals surface area contributed by atoms with Crippen molar-refractivity contribution in [3.05, 3.63) is 23.8 Å². The second-order valence-electron chi connectivity index (χ2n) is 4.45. The number of ketones is 1. The minimum Gasteiger partial charge on any atom is -0.465 e. The first-order valence-corrected chi connectivity index (χ1v) is 5.69. The minimum atomic E-state index is -0.280. The third-order valence-corrected chi connectivity index (χ3v) is 3.44. The number of hydrogen-bond donors (Lipinski definition) is 0. The van der Waals surface area contributed by atoms with Gasteiger partial charge in [-0.05, 0) is 24.7 Å². The van der Waals surface area contributed by atoms with Crippen LogP contribution in [0.1, 0.15) is 25.7 Å². The molecular formula is C13H16O3.